The summed E-state index contributed by atoms with van der Waals surface area (Å²) in [5.41, 5.74) is 1.66. The molecular formula is C38H53N5O6. The third kappa shape index (κ3) is 9.00. The zero-order valence-corrected chi connectivity index (χ0v) is 31.6. The molecule has 11 heteroatoms. The fourth-order valence-electron chi connectivity index (χ4n) is 6.97. The van der Waals surface area contributed by atoms with Gasteiger partial charge in [-0.15, -0.1) is 0 Å². The Morgan fingerprint density at radius 1 is 0.735 bits per heavy atom. The molecule has 0 aliphatic rings. The van der Waals surface area contributed by atoms with Crippen molar-refractivity contribution in [3.63, 3.8) is 0 Å². The van der Waals surface area contributed by atoms with E-state index in [1.165, 1.54) is 26.6 Å². The van der Waals surface area contributed by atoms with Crippen LogP contribution in [-0.2, 0) is 15.9 Å². The summed E-state index contributed by atoms with van der Waals surface area (Å²) in [7, 11) is 2.88. The van der Waals surface area contributed by atoms with Crippen molar-refractivity contribution in [1.82, 2.24) is 24.2 Å². The third-order valence-corrected chi connectivity index (χ3v) is 8.30. The number of aromatic nitrogens is 4. The Morgan fingerprint density at radius 2 is 1.10 bits per heavy atom. The van der Waals surface area contributed by atoms with Crippen LogP contribution in [0, 0.1) is 24.7 Å². The third-order valence-electron chi connectivity index (χ3n) is 8.30. The molecule has 0 aliphatic heterocycles. The Balaban J connectivity index is 0.000000267. The van der Waals surface area contributed by atoms with Gasteiger partial charge in [0, 0.05) is 54.3 Å². The van der Waals surface area contributed by atoms with Crippen molar-refractivity contribution in [3.8, 4) is 0 Å². The molecule has 0 fully saturated rings. The smallest absolute Gasteiger partial charge is 0.341 e. The van der Waals surface area contributed by atoms with Gasteiger partial charge in [0.2, 0.25) is 10.9 Å². The van der Waals surface area contributed by atoms with Crippen LogP contribution in [0.1, 0.15) is 114 Å². The number of hydrogen-bond donors (Lipinski definition) is 1. The van der Waals surface area contributed by atoms with Crippen LogP contribution >= 0.6 is 0 Å². The van der Waals surface area contributed by atoms with Gasteiger partial charge in [-0.05, 0) is 77.3 Å². The van der Waals surface area contributed by atoms with Crippen molar-refractivity contribution in [3.05, 3.63) is 79.9 Å². The van der Waals surface area contributed by atoms with E-state index >= 15 is 0 Å². The van der Waals surface area contributed by atoms with Crippen molar-refractivity contribution in [1.29, 1.82) is 0 Å². The summed E-state index contributed by atoms with van der Waals surface area (Å²) in [5, 5.41) is 11.2. The molecule has 0 bridgehead atoms. The van der Waals surface area contributed by atoms with Crippen molar-refractivity contribution in [2.24, 2.45) is 10.8 Å². The summed E-state index contributed by atoms with van der Waals surface area (Å²) in [6.45, 7) is 25.1. The maximum absolute atomic E-state index is 12.9. The fourth-order valence-corrected chi connectivity index (χ4v) is 6.97. The number of carboxylic acids is 1. The van der Waals surface area contributed by atoms with Crippen LogP contribution in [0.2, 0.25) is 0 Å². The molecule has 266 valence electrons. The lowest BCUT2D eigenvalue weighted by Crippen LogP contribution is -2.36. The normalized spacial score (nSPS) is 12.5. The standard InChI is InChI=1S/C20H29N3O3.C18H24N2O3/c1-13-9-16-14(10-21-13)17(24)15(18(25)22(7)26-8)11-23(16)20(5,6)12-19(2,3)4;1-11-7-14-12(8-19-11)15(21)13(16(22)23)9-20(14)18(5,6)10-17(2,3)4/h9-11H,12H2,1-8H3;7-9H,10H2,1-6H3,(H,22,23). The summed E-state index contributed by atoms with van der Waals surface area (Å²) in [5.74, 6) is -1.68. The van der Waals surface area contributed by atoms with Crippen molar-refractivity contribution in [2.75, 3.05) is 14.2 Å². The molecule has 0 spiro atoms. The van der Waals surface area contributed by atoms with Gasteiger partial charge in [0.05, 0.1) is 28.9 Å². The highest BCUT2D eigenvalue weighted by Crippen LogP contribution is 2.35. The largest absolute Gasteiger partial charge is 0.477 e. The number of hydrogen-bond acceptors (Lipinski definition) is 7. The van der Waals surface area contributed by atoms with Gasteiger partial charge in [0.1, 0.15) is 11.1 Å². The molecule has 4 aromatic rings. The minimum Gasteiger partial charge on any atom is -0.477 e. The number of carbonyl (C=O) groups excluding carboxylic acids is 1. The lowest BCUT2D eigenvalue weighted by molar-refractivity contribution is -0.0758. The van der Waals surface area contributed by atoms with Crippen molar-refractivity contribution < 1.29 is 19.5 Å². The van der Waals surface area contributed by atoms with Gasteiger partial charge in [0.15, 0.2) is 0 Å². The number of aryl methyl sites for hydroxylation is 2. The zero-order valence-electron chi connectivity index (χ0n) is 31.6. The van der Waals surface area contributed by atoms with Gasteiger partial charge < -0.3 is 14.2 Å². The minimum absolute atomic E-state index is 0.0599. The number of amides is 1. The average Bonchev–Trinajstić information content (AvgIpc) is 2.94. The highest BCUT2D eigenvalue weighted by atomic mass is 16.7. The molecule has 4 rings (SSSR count). The predicted molar refractivity (Wildman–Crippen MR) is 194 cm³/mol. The molecule has 11 nitrogen and oxygen atoms in total. The summed E-state index contributed by atoms with van der Waals surface area (Å²) in [6.07, 6.45) is 7.86. The maximum atomic E-state index is 12.9. The Bertz CT molecular complexity index is 2010. The van der Waals surface area contributed by atoms with Crippen LogP contribution in [0.4, 0.5) is 0 Å². The highest BCUT2D eigenvalue weighted by molar-refractivity contribution is 5.96. The van der Waals surface area contributed by atoms with E-state index in [2.05, 4.69) is 79.2 Å². The molecule has 0 saturated carbocycles. The van der Waals surface area contributed by atoms with E-state index in [0.29, 0.717) is 10.8 Å². The molecule has 0 radical (unpaired) electrons. The van der Waals surface area contributed by atoms with E-state index in [1.54, 1.807) is 12.4 Å². The number of nitrogens with zero attached hydrogens (tertiary/aromatic N) is 5. The van der Waals surface area contributed by atoms with Crippen LogP contribution < -0.4 is 10.9 Å². The molecule has 0 unspecified atom stereocenters. The number of carboxylic acid groups (broad SMARTS) is 1. The van der Waals surface area contributed by atoms with Gasteiger partial charge in [-0.2, -0.15) is 0 Å². The number of aromatic carboxylic acids is 1. The molecule has 49 heavy (non-hydrogen) atoms. The topological polar surface area (TPSA) is 137 Å². The summed E-state index contributed by atoms with van der Waals surface area (Å²) in [4.78, 5) is 62.8. The molecule has 1 amide bonds. The average molecular weight is 676 g/mol. The first kappa shape index (κ1) is 39.1. The lowest BCUT2D eigenvalue weighted by atomic mass is 9.81. The minimum atomic E-state index is -1.21. The Hall–Kier alpha value is -4.38. The van der Waals surface area contributed by atoms with E-state index in [1.807, 2.05) is 35.1 Å². The van der Waals surface area contributed by atoms with E-state index in [0.717, 1.165) is 40.3 Å². The van der Waals surface area contributed by atoms with Gasteiger partial charge in [-0.1, -0.05) is 41.5 Å². The van der Waals surface area contributed by atoms with Crippen LogP contribution in [0.15, 0.2) is 46.5 Å². The summed E-state index contributed by atoms with van der Waals surface area (Å²) < 4.78 is 3.94. The van der Waals surface area contributed by atoms with E-state index in [4.69, 9.17) is 4.84 Å². The number of carbonyl (C=O) groups is 2. The lowest BCUT2D eigenvalue weighted by Gasteiger charge is -2.36. The number of pyridine rings is 4. The molecular weight excluding hydrogens is 622 g/mol. The van der Waals surface area contributed by atoms with Gasteiger partial charge in [-0.3, -0.25) is 29.2 Å². The fraction of sp³-hybridized carbons (Fsp3) is 0.526. The zero-order chi connectivity index (χ0) is 37.4. The molecule has 0 saturated heterocycles. The second kappa shape index (κ2) is 13.9. The predicted octanol–water partition coefficient (Wildman–Crippen LogP) is 7.08. The molecule has 0 aliphatic carbocycles. The van der Waals surface area contributed by atoms with Gasteiger partial charge in [0.25, 0.3) is 5.91 Å². The molecule has 4 aromatic heterocycles. The quantitative estimate of drug-likeness (QED) is 0.205. The Labute approximate surface area is 288 Å². The number of rotatable bonds is 7. The summed E-state index contributed by atoms with van der Waals surface area (Å²) in [6, 6.07) is 3.74. The van der Waals surface area contributed by atoms with Crippen molar-refractivity contribution in [2.45, 2.75) is 107 Å². The first-order valence-electron chi connectivity index (χ1n) is 16.4. The highest BCUT2D eigenvalue weighted by Gasteiger charge is 2.31. The van der Waals surface area contributed by atoms with E-state index in [-0.39, 0.29) is 38.5 Å². The molecule has 0 atom stereocenters. The maximum Gasteiger partial charge on any atom is 0.341 e. The van der Waals surface area contributed by atoms with E-state index < -0.39 is 17.3 Å². The monoisotopic (exact) mass is 675 g/mol. The first-order chi connectivity index (χ1) is 22.3. The second-order valence-electron chi connectivity index (χ2n) is 16.6. The SMILES string of the molecule is CON(C)C(=O)c1cn(C(C)(C)CC(C)(C)C)c2cc(C)ncc2c1=O.Cc1cc2c(cn1)c(=O)c(C(=O)O)cn2C(C)(C)CC(C)(C)C. The number of fused-ring (bicyclic) bond motifs is 2. The summed E-state index contributed by atoms with van der Waals surface area (Å²) >= 11 is 0. The Morgan fingerprint density at radius 3 is 1.45 bits per heavy atom. The van der Waals surface area contributed by atoms with Gasteiger partial charge >= 0.3 is 5.97 Å². The Kier molecular flexibility index (Phi) is 11.0. The van der Waals surface area contributed by atoms with Gasteiger partial charge in [-0.25, -0.2) is 9.86 Å². The number of hydroxylamine groups is 2. The first-order valence-corrected chi connectivity index (χ1v) is 16.4. The molecule has 4 heterocycles. The van der Waals surface area contributed by atoms with E-state index in [9.17, 15) is 24.3 Å². The van der Waals surface area contributed by atoms with Crippen molar-refractivity contribution >= 4 is 33.7 Å². The van der Waals surface area contributed by atoms with Crippen LogP contribution in [0.5, 0.6) is 0 Å². The van der Waals surface area contributed by atoms with Crippen LogP contribution in [0.25, 0.3) is 21.8 Å². The molecule has 0 aromatic carbocycles. The second-order valence-corrected chi connectivity index (χ2v) is 16.6. The van der Waals surface area contributed by atoms with Crippen LogP contribution in [0.3, 0.4) is 0 Å². The molecule has 1 N–H and O–H groups in total. The van der Waals surface area contributed by atoms with Crippen LogP contribution in [-0.4, -0.2) is 55.3 Å².